The predicted octanol–water partition coefficient (Wildman–Crippen LogP) is 1.63. The summed E-state index contributed by atoms with van der Waals surface area (Å²) < 4.78 is 0. The summed E-state index contributed by atoms with van der Waals surface area (Å²) in [6.45, 7) is 4.88. The first-order valence-electron chi connectivity index (χ1n) is 6.15. The van der Waals surface area contributed by atoms with Crippen molar-refractivity contribution in [3.8, 4) is 0 Å². The number of carbonyl (C=O) groups is 2. The standard InChI is InChI=1S/C12H22N2O3/c1-9(2)14(7-6-11(15)16)12(17)13(3)8-10-4-5-10/h9-10H,4-8H2,1-3H3,(H,15,16). The minimum atomic E-state index is -0.867. The topological polar surface area (TPSA) is 60.9 Å². The molecule has 17 heavy (non-hydrogen) atoms. The summed E-state index contributed by atoms with van der Waals surface area (Å²) >= 11 is 0. The fraction of sp³-hybridized carbons (Fsp3) is 0.833. The number of hydrogen-bond donors (Lipinski definition) is 1. The van der Waals surface area contributed by atoms with Gasteiger partial charge in [0.05, 0.1) is 6.42 Å². The molecule has 1 rings (SSSR count). The molecule has 0 aromatic rings. The van der Waals surface area contributed by atoms with Crippen LogP contribution in [0.5, 0.6) is 0 Å². The van der Waals surface area contributed by atoms with E-state index in [1.807, 2.05) is 13.8 Å². The molecule has 1 saturated carbocycles. The summed E-state index contributed by atoms with van der Waals surface area (Å²) in [5.74, 6) is -0.217. The maximum absolute atomic E-state index is 12.1. The Hall–Kier alpha value is -1.26. The molecule has 5 heteroatoms. The van der Waals surface area contributed by atoms with E-state index < -0.39 is 5.97 Å². The molecule has 0 saturated heterocycles. The van der Waals surface area contributed by atoms with Gasteiger partial charge in [0.15, 0.2) is 0 Å². The maximum atomic E-state index is 12.1. The molecule has 0 spiro atoms. The largest absolute Gasteiger partial charge is 0.481 e. The van der Waals surface area contributed by atoms with Gasteiger partial charge in [-0.05, 0) is 32.6 Å². The van der Waals surface area contributed by atoms with Gasteiger partial charge in [0.25, 0.3) is 0 Å². The van der Waals surface area contributed by atoms with Crippen LogP contribution < -0.4 is 0 Å². The zero-order valence-electron chi connectivity index (χ0n) is 10.8. The highest BCUT2D eigenvalue weighted by Crippen LogP contribution is 2.29. The Morgan fingerprint density at radius 2 is 1.94 bits per heavy atom. The van der Waals surface area contributed by atoms with Crippen molar-refractivity contribution in [1.82, 2.24) is 9.80 Å². The summed E-state index contributed by atoms with van der Waals surface area (Å²) in [7, 11) is 1.79. The van der Waals surface area contributed by atoms with Crippen molar-refractivity contribution < 1.29 is 14.7 Å². The Labute approximate surface area is 102 Å². The zero-order chi connectivity index (χ0) is 13.0. The Balaban J connectivity index is 2.48. The van der Waals surface area contributed by atoms with Gasteiger partial charge in [-0.1, -0.05) is 0 Å². The first-order chi connectivity index (χ1) is 7.91. The second kappa shape index (κ2) is 5.89. The van der Waals surface area contributed by atoms with Gasteiger partial charge >= 0.3 is 12.0 Å². The van der Waals surface area contributed by atoms with E-state index >= 15 is 0 Å². The SMILES string of the molecule is CC(C)N(CCC(=O)O)C(=O)N(C)CC1CC1. The van der Waals surface area contributed by atoms with E-state index in [0.29, 0.717) is 5.92 Å². The van der Waals surface area contributed by atoms with Crippen molar-refractivity contribution in [2.24, 2.45) is 5.92 Å². The predicted molar refractivity (Wildman–Crippen MR) is 64.8 cm³/mol. The number of nitrogens with zero attached hydrogens (tertiary/aromatic N) is 2. The van der Waals surface area contributed by atoms with Gasteiger partial charge in [0.1, 0.15) is 0 Å². The smallest absolute Gasteiger partial charge is 0.319 e. The molecule has 0 bridgehead atoms. The molecule has 98 valence electrons. The minimum Gasteiger partial charge on any atom is -0.481 e. The van der Waals surface area contributed by atoms with E-state index in [-0.39, 0.29) is 25.0 Å². The summed E-state index contributed by atoms with van der Waals surface area (Å²) in [6, 6.07) is -0.0309. The third-order valence-corrected chi connectivity index (χ3v) is 2.99. The van der Waals surface area contributed by atoms with Gasteiger partial charge in [-0.2, -0.15) is 0 Å². The molecule has 0 aromatic heterocycles. The maximum Gasteiger partial charge on any atom is 0.319 e. The van der Waals surface area contributed by atoms with E-state index in [0.717, 1.165) is 6.54 Å². The zero-order valence-corrected chi connectivity index (χ0v) is 10.8. The lowest BCUT2D eigenvalue weighted by Gasteiger charge is -2.31. The van der Waals surface area contributed by atoms with Crippen LogP contribution in [0.1, 0.15) is 33.1 Å². The normalized spacial score (nSPS) is 14.8. The third kappa shape index (κ3) is 4.63. The first-order valence-corrected chi connectivity index (χ1v) is 6.15. The average molecular weight is 242 g/mol. The fourth-order valence-corrected chi connectivity index (χ4v) is 1.78. The first kappa shape index (κ1) is 13.8. The van der Waals surface area contributed by atoms with Crippen LogP contribution in [-0.4, -0.2) is 53.1 Å². The number of hydrogen-bond acceptors (Lipinski definition) is 2. The highest BCUT2D eigenvalue weighted by molar-refractivity contribution is 5.75. The molecule has 1 aliphatic rings. The van der Waals surface area contributed by atoms with Crippen LogP contribution >= 0.6 is 0 Å². The number of carboxylic acids is 1. The third-order valence-electron chi connectivity index (χ3n) is 2.99. The monoisotopic (exact) mass is 242 g/mol. The lowest BCUT2D eigenvalue weighted by atomic mass is 10.3. The summed E-state index contributed by atoms with van der Waals surface area (Å²) in [5, 5.41) is 8.67. The number of aliphatic carboxylic acids is 1. The number of urea groups is 1. The van der Waals surface area contributed by atoms with E-state index in [4.69, 9.17) is 5.11 Å². The van der Waals surface area contributed by atoms with Gasteiger partial charge in [-0.3, -0.25) is 4.79 Å². The highest BCUT2D eigenvalue weighted by atomic mass is 16.4. The van der Waals surface area contributed by atoms with Crippen molar-refractivity contribution in [3.63, 3.8) is 0 Å². The average Bonchev–Trinajstić information content (AvgIpc) is 3.00. The molecule has 0 aliphatic heterocycles. The number of carboxylic acid groups (broad SMARTS) is 1. The summed E-state index contributed by atoms with van der Waals surface area (Å²) in [5.41, 5.74) is 0. The number of carbonyl (C=O) groups excluding carboxylic acids is 1. The Morgan fingerprint density at radius 1 is 1.35 bits per heavy atom. The number of amides is 2. The van der Waals surface area contributed by atoms with E-state index in [1.54, 1.807) is 16.8 Å². The van der Waals surface area contributed by atoms with Crippen molar-refractivity contribution in [1.29, 1.82) is 0 Å². The molecular formula is C12H22N2O3. The molecule has 0 radical (unpaired) electrons. The molecule has 1 aliphatic carbocycles. The lowest BCUT2D eigenvalue weighted by Crippen LogP contribution is -2.46. The summed E-state index contributed by atoms with van der Waals surface area (Å²) in [4.78, 5) is 26.0. The van der Waals surface area contributed by atoms with Gasteiger partial charge < -0.3 is 14.9 Å². The van der Waals surface area contributed by atoms with E-state index in [2.05, 4.69) is 0 Å². The molecule has 0 heterocycles. The second-order valence-corrected chi connectivity index (χ2v) is 5.04. The van der Waals surface area contributed by atoms with Gasteiger partial charge in [-0.15, -0.1) is 0 Å². The molecule has 1 N–H and O–H groups in total. The van der Waals surface area contributed by atoms with Crippen molar-refractivity contribution in [3.05, 3.63) is 0 Å². The van der Waals surface area contributed by atoms with Crippen molar-refractivity contribution in [2.75, 3.05) is 20.1 Å². The van der Waals surface area contributed by atoms with Crippen LogP contribution in [0.3, 0.4) is 0 Å². The van der Waals surface area contributed by atoms with Gasteiger partial charge in [-0.25, -0.2) is 4.79 Å². The van der Waals surface area contributed by atoms with Crippen LogP contribution in [0.2, 0.25) is 0 Å². The molecule has 0 aromatic carbocycles. The number of rotatable bonds is 6. The van der Waals surface area contributed by atoms with E-state index in [9.17, 15) is 9.59 Å². The molecule has 2 amide bonds. The summed E-state index contributed by atoms with van der Waals surface area (Å²) in [6.07, 6.45) is 2.41. The Morgan fingerprint density at radius 3 is 2.35 bits per heavy atom. The quantitative estimate of drug-likeness (QED) is 0.770. The van der Waals surface area contributed by atoms with Crippen LogP contribution in [0.25, 0.3) is 0 Å². The lowest BCUT2D eigenvalue weighted by molar-refractivity contribution is -0.137. The molecule has 0 unspecified atom stereocenters. The van der Waals surface area contributed by atoms with Crippen LogP contribution in [0.15, 0.2) is 0 Å². The van der Waals surface area contributed by atoms with Gasteiger partial charge in [0, 0.05) is 26.2 Å². The van der Waals surface area contributed by atoms with Crippen LogP contribution in [-0.2, 0) is 4.79 Å². The molecule has 5 nitrogen and oxygen atoms in total. The van der Waals surface area contributed by atoms with Gasteiger partial charge in [0.2, 0.25) is 0 Å². The van der Waals surface area contributed by atoms with Crippen LogP contribution in [0, 0.1) is 5.92 Å². The molecule has 1 fully saturated rings. The van der Waals surface area contributed by atoms with E-state index in [1.165, 1.54) is 12.8 Å². The fourth-order valence-electron chi connectivity index (χ4n) is 1.78. The minimum absolute atomic E-state index is 0.00118. The molecular weight excluding hydrogens is 220 g/mol. The van der Waals surface area contributed by atoms with Crippen LogP contribution in [0.4, 0.5) is 4.79 Å². The van der Waals surface area contributed by atoms with Crippen molar-refractivity contribution in [2.45, 2.75) is 39.2 Å². The highest BCUT2D eigenvalue weighted by Gasteiger charge is 2.27. The Kier molecular flexibility index (Phi) is 4.78. The van der Waals surface area contributed by atoms with Crippen molar-refractivity contribution >= 4 is 12.0 Å². The second-order valence-electron chi connectivity index (χ2n) is 5.04. The molecule has 0 atom stereocenters. The Bertz CT molecular complexity index is 287.